The predicted octanol–water partition coefficient (Wildman–Crippen LogP) is 4.71. The molecule has 0 saturated carbocycles. The maximum Gasteiger partial charge on any atom is 0.169 e. The molecule has 0 fully saturated rings. The van der Waals surface area contributed by atoms with Gasteiger partial charge in [-0.25, -0.2) is 9.13 Å². The Balaban J connectivity index is 1.38. The van der Waals surface area contributed by atoms with Crippen molar-refractivity contribution in [2.75, 3.05) is 7.11 Å². The highest BCUT2D eigenvalue weighted by Gasteiger charge is 2.09. The van der Waals surface area contributed by atoms with Crippen LogP contribution < -0.4 is 18.6 Å². The molecule has 33 heavy (non-hydrogen) atoms. The topological polar surface area (TPSA) is 26.2 Å². The van der Waals surface area contributed by atoms with Crippen molar-refractivity contribution in [3.63, 3.8) is 0 Å². The molecule has 0 radical (unpaired) electrons. The van der Waals surface area contributed by atoms with Crippen molar-refractivity contribution in [1.29, 1.82) is 0 Å². The van der Waals surface area contributed by atoms with Gasteiger partial charge in [-0.1, -0.05) is 18.2 Å². The van der Waals surface area contributed by atoms with E-state index in [1.54, 1.807) is 7.11 Å². The van der Waals surface area contributed by atoms with Crippen LogP contribution in [0.15, 0.2) is 91.5 Å². The molecule has 0 saturated heterocycles. The number of aromatic nitrogens is 2. The summed E-state index contributed by atoms with van der Waals surface area (Å²) < 4.78 is 15.9. The highest BCUT2D eigenvalue weighted by molar-refractivity contribution is 5.46. The van der Waals surface area contributed by atoms with Crippen molar-refractivity contribution in [1.82, 2.24) is 0 Å². The Hall–Kier alpha value is -3.66. The van der Waals surface area contributed by atoms with Crippen molar-refractivity contribution >= 4 is 0 Å². The van der Waals surface area contributed by atoms with Gasteiger partial charge in [0.05, 0.1) is 7.11 Å². The molecule has 0 spiro atoms. The standard InChI is InChI=1S/C29H32N2O2/c1-30-18-14-24(15-19-30)5-4-23-8-11-27(12-9-23)33-29-22-26(10-13-28(29)32-3)7-6-25-16-20-31(2)21-17-25/h8-22H,4-7H2,1-3H3/q+2. The molecule has 0 aliphatic carbocycles. The lowest BCUT2D eigenvalue weighted by Crippen LogP contribution is -2.25. The van der Waals surface area contributed by atoms with E-state index in [1.165, 1.54) is 22.3 Å². The maximum absolute atomic E-state index is 6.21. The van der Waals surface area contributed by atoms with E-state index < -0.39 is 0 Å². The van der Waals surface area contributed by atoms with Gasteiger partial charge in [-0.15, -0.1) is 0 Å². The molecule has 0 atom stereocenters. The van der Waals surface area contributed by atoms with Crippen LogP contribution in [0.1, 0.15) is 22.3 Å². The molecule has 0 bridgehead atoms. The predicted molar refractivity (Wildman–Crippen MR) is 130 cm³/mol. The number of methoxy groups -OCH3 is 1. The van der Waals surface area contributed by atoms with Crippen LogP contribution in [0.5, 0.6) is 17.2 Å². The third-order valence-corrected chi connectivity index (χ3v) is 5.88. The minimum Gasteiger partial charge on any atom is -0.493 e. The van der Waals surface area contributed by atoms with E-state index in [1.807, 2.05) is 32.3 Å². The van der Waals surface area contributed by atoms with Crippen LogP contribution in [0.4, 0.5) is 0 Å². The lowest BCUT2D eigenvalue weighted by atomic mass is 10.0. The number of hydrogen-bond acceptors (Lipinski definition) is 2. The van der Waals surface area contributed by atoms with Crippen molar-refractivity contribution < 1.29 is 18.6 Å². The second-order valence-corrected chi connectivity index (χ2v) is 8.47. The molecule has 2 aromatic heterocycles. The number of benzene rings is 2. The molecule has 0 amide bonds. The fourth-order valence-corrected chi connectivity index (χ4v) is 3.78. The molecule has 168 valence electrons. The zero-order valence-corrected chi connectivity index (χ0v) is 19.7. The van der Waals surface area contributed by atoms with Crippen molar-refractivity contribution in [2.24, 2.45) is 14.1 Å². The fourth-order valence-electron chi connectivity index (χ4n) is 3.78. The van der Waals surface area contributed by atoms with Gasteiger partial charge < -0.3 is 9.47 Å². The van der Waals surface area contributed by atoms with Crippen molar-refractivity contribution in [3.8, 4) is 17.2 Å². The summed E-state index contributed by atoms with van der Waals surface area (Å²) in [5.74, 6) is 2.31. The van der Waals surface area contributed by atoms with Crippen LogP contribution in [-0.2, 0) is 39.8 Å². The Labute approximate surface area is 196 Å². The zero-order chi connectivity index (χ0) is 23.0. The van der Waals surface area contributed by atoms with Gasteiger partial charge in [0.1, 0.15) is 19.8 Å². The van der Waals surface area contributed by atoms with Crippen LogP contribution in [0.3, 0.4) is 0 Å². The highest BCUT2D eigenvalue weighted by atomic mass is 16.5. The first-order valence-electron chi connectivity index (χ1n) is 11.4. The van der Waals surface area contributed by atoms with Crippen LogP contribution >= 0.6 is 0 Å². The summed E-state index contributed by atoms with van der Waals surface area (Å²) in [5.41, 5.74) is 5.20. The van der Waals surface area contributed by atoms with E-state index in [9.17, 15) is 0 Å². The second-order valence-electron chi connectivity index (χ2n) is 8.47. The lowest BCUT2D eigenvalue weighted by Gasteiger charge is -2.13. The molecule has 0 N–H and O–H groups in total. The summed E-state index contributed by atoms with van der Waals surface area (Å²) in [6.45, 7) is 0. The molecule has 2 heterocycles. The van der Waals surface area contributed by atoms with E-state index in [4.69, 9.17) is 9.47 Å². The first kappa shape index (κ1) is 22.5. The Kier molecular flexibility index (Phi) is 7.36. The van der Waals surface area contributed by atoms with Gasteiger partial charge in [-0.2, -0.15) is 0 Å². The largest absolute Gasteiger partial charge is 0.493 e. The van der Waals surface area contributed by atoms with Gasteiger partial charge in [0.25, 0.3) is 0 Å². The summed E-state index contributed by atoms with van der Waals surface area (Å²) in [7, 11) is 5.75. The van der Waals surface area contributed by atoms with E-state index in [-0.39, 0.29) is 0 Å². The Morgan fingerprint density at radius 2 is 1.00 bits per heavy atom. The van der Waals surface area contributed by atoms with Crippen LogP contribution in [0, 0.1) is 0 Å². The smallest absolute Gasteiger partial charge is 0.169 e. The van der Waals surface area contributed by atoms with Gasteiger partial charge in [0.15, 0.2) is 36.3 Å². The first-order valence-corrected chi connectivity index (χ1v) is 11.4. The quantitative estimate of drug-likeness (QED) is 0.353. The number of nitrogens with zero attached hydrogens (tertiary/aromatic N) is 2. The number of aryl methyl sites for hydroxylation is 6. The number of hydrogen-bond donors (Lipinski definition) is 0. The van der Waals surface area contributed by atoms with Crippen LogP contribution in [-0.4, -0.2) is 7.11 Å². The zero-order valence-electron chi connectivity index (χ0n) is 19.7. The lowest BCUT2D eigenvalue weighted by molar-refractivity contribution is -0.671. The molecule has 4 rings (SSSR count). The second kappa shape index (κ2) is 10.8. The normalized spacial score (nSPS) is 10.8. The summed E-state index contributed by atoms with van der Waals surface area (Å²) in [4.78, 5) is 0. The Morgan fingerprint density at radius 1 is 0.545 bits per heavy atom. The van der Waals surface area contributed by atoms with Gasteiger partial charge in [-0.3, -0.25) is 0 Å². The van der Waals surface area contributed by atoms with Gasteiger partial charge in [0, 0.05) is 24.3 Å². The van der Waals surface area contributed by atoms with Gasteiger partial charge >= 0.3 is 0 Å². The molecule has 2 aromatic carbocycles. The highest BCUT2D eigenvalue weighted by Crippen LogP contribution is 2.33. The van der Waals surface area contributed by atoms with E-state index in [0.717, 1.165) is 42.9 Å². The van der Waals surface area contributed by atoms with Crippen LogP contribution in [0.2, 0.25) is 0 Å². The maximum atomic E-state index is 6.21. The molecule has 4 aromatic rings. The Bertz CT molecular complexity index is 1170. The summed E-state index contributed by atoms with van der Waals surface area (Å²) >= 11 is 0. The molecule has 0 unspecified atom stereocenters. The van der Waals surface area contributed by atoms with E-state index in [0.29, 0.717) is 0 Å². The molecular weight excluding hydrogens is 408 g/mol. The average Bonchev–Trinajstić information content (AvgIpc) is 2.84. The van der Waals surface area contributed by atoms with Crippen molar-refractivity contribution in [2.45, 2.75) is 25.7 Å². The fraction of sp³-hybridized carbons (Fsp3) is 0.241. The number of ether oxygens (including phenoxy) is 2. The summed E-state index contributed by atoms with van der Waals surface area (Å²) in [5, 5.41) is 0. The van der Waals surface area contributed by atoms with Gasteiger partial charge in [0.2, 0.25) is 0 Å². The molecular formula is C29H32N2O2+2. The monoisotopic (exact) mass is 440 g/mol. The van der Waals surface area contributed by atoms with E-state index in [2.05, 4.69) is 82.5 Å². The third kappa shape index (κ3) is 6.42. The number of pyridine rings is 2. The van der Waals surface area contributed by atoms with Gasteiger partial charge in [-0.05, 0) is 72.2 Å². The Morgan fingerprint density at radius 3 is 1.52 bits per heavy atom. The van der Waals surface area contributed by atoms with Crippen molar-refractivity contribution in [3.05, 3.63) is 114 Å². The first-order chi connectivity index (χ1) is 16.1. The third-order valence-electron chi connectivity index (χ3n) is 5.88. The summed E-state index contributed by atoms with van der Waals surface area (Å²) in [6, 6.07) is 23.2. The molecule has 4 heteroatoms. The number of rotatable bonds is 9. The summed E-state index contributed by atoms with van der Waals surface area (Å²) in [6.07, 6.45) is 12.3. The van der Waals surface area contributed by atoms with E-state index >= 15 is 0 Å². The molecule has 0 aliphatic rings. The van der Waals surface area contributed by atoms with Crippen LogP contribution in [0.25, 0.3) is 0 Å². The molecule has 4 nitrogen and oxygen atoms in total. The minimum atomic E-state index is 0.742. The SMILES string of the molecule is COc1ccc(CCc2cc[n+](C)cc2)cc1Oc1ccc(CCc2cc[n+](C)cc2)cc1. The molecule has 0 aliphatic heterocycles. The minimum absolute atomic E-state index is 0.742. The average molecular weight is 441 g/mol.